The van der Waals surface area contributed by atoms with Gasteiger partial charge in [-0.2, -0.15) is 0 Å². The third kappa shape index (κ3) is 3.04. The minimum absolute atomic E-state index is 0.614. The molecule has 0 spiro atoms. The summed E-state index contributed by atoms with van der Waals surface area (Å²) in [6, 6.07) is 2.08. The van der Waals surface area contributed by atoms with E-state index in [1.54, 1.807) is 0 Å². The van der Waals surface area contributed by atoms with Crippen molar-refractivity contribution in [3.05, 3.63) is 29.6 Å². The predicted octanol–water partition coefficient (Wildman–Crippen LogP) is 3.54. The Morgan fingerprint density at radius 1 is 1.25 bits per heavy atom. The van der Waals surface area contributed by atoms with Crippen LogP contribution in [-0.2, 0) is 0 Å². The van der Waals surface area contributed by atoms with Gasteiger partial charge in [-0.05, 0) is 30.0 Å². The number of aromatic nitrogens is 1. The van der Waals surface area contributed by atoms with Gasteiger partial charge in [0.15, 0.2) is 0 Å². The highest BCUT2D eigenvalue weighted by atomic mass is 14.6. The Kier molecular flexibility index (Phi) is 5.35. The van der Waals surface area contributed by atoms with E-state index in [9.17, 15) is 0 Å². The Labute approximate surface area is 75.8 Å². The van der Waals surface area contributed by atoms with Crippen LogP contribution in [-0.4, -0.2) is 4.98 Å². The molecule has 0 N–H and O–H groups in total. The van der Waals surface area contributed by atoms with Crippen LogP contribution in [0, 0.1) is 6.92 Å². The van der Waals surface area contributed by atoms with E-state index in [-0.39, 0.29) is 0 Å². The van der Waals surface area contributed by atoms with Crippen molar-refractivity contribution in [1.29, 1.82) is 0 Å². The second-order valence-electron chi connectivity index (χ2n) is 2.89. The second-order valence-corrected chi connectivity index (χ2v) is 2.89. The van der Waals surface area contributed by atoms with E-state index in [1.807, 2.05) is 26.2 Å². The van der Waals surface area contributed by atoms with Crippen LogP contribution in [0.5, 0.6) is 0 Å². The molecule has 1 aromatic rings. The Bertz CT molecular complexity index is 216. The molecule has 0 unspecified atom stereocenters. The molecule has 1 nitrogen and oxygen atoms in total. The van der Waals surface area contributed by atoms with Crippen molar-refractivity contribution in [3.63, 3.8) is 0 Å². The molecule has 1 heteroatoms. The summed E-state index contributed by atoms with van der Waals surface area (Å²) in [4.78, 5) is 4.03. The lowest BCUT2D eigenvalue weighted by molar-refractivity contribution is 0.852. The van der Waals surface area contributed by atoms with Crippen molar-refractivity contribution < 1.29 is 0 Å². The fourth-order valence-corrected chi connectivity index (χ4v) is 1.13. The normalized spacial score (nSPS) is 9.17. The molecule has 0 saturated heterocycles. The molecule has 0 aliphatic rings. The fourth-order valence-electron chi connectivity index (χ4n) is 1.13. The maximum absolute atomic E-state index is 4.03. The van der Waals surface area contributed by atoms with Crippen molar-refractivity contribution in [2.24, 2.45) is 0 Å². The van der Waals surface area contributed by atoms with Crippen molar-refractivity contribution in [2.45, 2.75) is 40.5 Å². The minimum atomic E-state index is 0.614. The lowest BCUT2D eigenvalue weighted by atomic mass is 10.0. The van der Waals surface area contributed by atoms with Gasteiger partial charge in [-0.25, -0.2) is 0 Å². The van der Waals surface area contributed by atoms with Crippen LogP contribution in [0.4, 0.5) is 0 Å². The van der Waals surface area contributed by atoms with Gasteiger partial charge < -0.3 is 0 Å². The fraction of sp³-hybridized carbons (Fsp3) is 0.545. The van der Waals surface area contributed by atoms with Crippen LogP contribution in [0.15, 0.2) is 18.5 Å². The Morgan fingerprint density at radius 3 is 2.17 bits per heavy atom. The lowest BCUT2D eigenvalue weighted by Crippen LogP contribution is -1.91. The van der Waals surface area contributed by atoms with E-state index < -0.39 is 0 Å². The average Bonchev–Trinajstić information content (AvgIpc) is 2.08. The smallest absolute Gasteiger partial charge is 0.0299 e. The standard InChI is InChI=1S/C9H13N.C2H6/c1-7(2)9-4-5-10-6-8(9)3;1-2/h4-7H,1-3H3;1-2H3. The summed E-state index contributed by atoms with van der Waals surface area (Å²) >= 11 is 0. The first-order valence-electron chi connectivity index (χ1n) is 4.62. The molecule has 0 radical (unpaired) electrons. The first-order chi connectivity index (χ1) is 5.72. The van der Waals surface area contributed by atoms with Crippen molar-refractivity contribution >= 4 is 0 Å². The zero-order chi connectivity index (χ0) is 9.56. The van der Waals surface area contributed by atoms with E-state index in [2.05, 4.69) is 31.8 Å². The van der Waals surface area contributed by atoms with Crippen molar-refractivity contribution in [2.75, 3.05) is 0 Å². The summed E-state index contributed by atoms with van der Waals surface area (Å²) in [6.45, 7) is 10.5. The van der Waals surface area contributed by atoms with Crippen LogP contribution < -0.4 is 0 Å². The van der Waals surface area contributed by atoms with Gasteiger partial charge in [-0.15, -0.1) is 0 Å². The topological polar surface area (TPSA) is 12.9 Å². The first kappa shape index (κ1) is 11.2. The third-order valence-electron chi connectivity index (χ3n) is 1.69. The number of hydrogen-bond donors (Lipinski definition) is 0. The van der Waals surface area contributed by atoms with E-state index in [0.717, 1.165) is 0 Å². The summed E-state index contributed by atoms with van der Waals surface area (Å²) in [6.07, 6.45) is 3.76. The summed E-state index contributed by atoms with van der Waals surface area (Å²) in [5.74, 6) is 0.614. The van der Waals surface area contributed by atoms with Gasteiger partial charge in [0, 0.05) is 12.4 Å². The monoisotopic (exact) mass is 165 g/mol. The number of nitrogens with zero attached hydrogens (tertiary/aromatic N) is 1. The van der Waals surface area contributed by atoms with E-state index >= 15 is 0 Å². The molecule has 1 rings (SSSR count). The maximum atomic E-state index is 4.03. The number of hydrogen-bond acceptors (Lipinski definition) is 1. The zero-order valence-corrected chi connectivity index (χ0v) is 8.76. The lowest BCUT2D eigenvalue weighted by Gasteiger charge is -2.06. The number of pyridine rings is 1. The maximum Gasteiger partial charge on any atom is 0.0299 e. The van der Waals surface area contributed by atoms with Gasteiger partial charge >= 0.3 is 0 Å². The average molecular weight is 165 g/mol. The summed E-state index contributed by atoms with van der Waals surface area (Å²) in [5, 5.41) is 0. The highest BCUT2D eigenvalue weighted by molar-refractivity contribution is 5.24. The zero-order valence-electron chi connectivity index (χ0n) is 8.76. The van der Waals surface area contributed by atoms with Crippen LogP contribution in [0.1, 0.15) is 44.7 Å². The third-order valence-corrected chi connectivity index (χ3v) is 1.69. The molecule has 0 aliphatic carbocycles. The summed E-state index contributed by atoms with van der Waals surface area (Å²) < 4.78 is 0. The minimum Gasteiger partial charge on any atom is -0.264 e. The molecule has 1 aromatic heterocycles. The molecular formula is C11H19N. The molecule has 1 heterocycles. The van der Waals surface area contributed by atoms with Gasteiger partial charge in [0.1, 0.15) is 0 Å². The van der Waals surface area contributed by atoms with Crippen LogP contribution in [0.25, 0.3) is 0 Å². The molecule has 0 bridgehead atoms. The Morgan fingerprint density at radius 2 is 1.83 bits per heavy atom. The SMILES string of the molecule is CC.Cc1cnccc1C(C)C. The van der Waals surface area contributed by atoms with Crippen LogP contribution in [0.3, 0.4) is 0 Å². The van der Waals surface area contributed by atoms with Crippen molar-refractivity contribution in [3.8, 4) is 0 Å². The second kappa shape index (κ2) is 5.76. The largest absolute Gasteiger partial charge is 0.264 e. The van der Waals surface area contributed by atoms with Gasteiger partial charge in [0.25, 0.3) is 0 Å². The summed E-state index contributed by atoms with van der Waals surface area (Å²) in [5.41, 5.74) is 2.69. The highest BCUT2D eigenvalue weighted by Gasteiger charge is 2.00. The first-order valence-corrected chi connectivity index (χ1v) is 4.62. The molecule has 12 heavy (non-hydrogen) atoms. The molecule has 68 valence electrons. The summed E-state index contributed by atoms with van der Waals surface area (Å²) in [7, 11) is 0. The molecule has 0 aliphatic heterocycles. The number of aryl methyl sites for hydroxylation is 1. The molecule has 0 fully saturated rings. The molecule has 0 amide bonds. The molecule has 0 atom stereocenters. The van der Waals surface area contributed by atoms with Crippen LogP contribution in [0.2, 0.25) is 0 Å². The quantitative estimate of drug-likeness (QED) is 0.620. The van der Waals surface area contributed by atoms with Gasteiger partial charge in [-0.3, -0.25) is 4.98 Å². The Balaban J connectivity index is 0.000000561. The number of rotatable bonds is 1. The van der Waals surface area contributed by atoms with E-state index in [4.69, 9.17) is 0 Å². The van der Waals surface area contributed by atoms with E-state index in [0.29, 0.717) is 5.92 Å². The molecule has 0 aromatic carbocycles. The Hall–Kier alpha value is -0.850. The molecular weight excluding hydrogens is 146 g/mol. The van der Waals surface area contributed by atoms with Gasteiger partial charge in [-0.1, -0.05) is 27.7 Å². The predicted molar refractivity (Wildman–Crippen MR) is 54.4 cm³/mol. The van der Waals surface area contributed by atoms with Gasteiger partial charge in [0.05, 0.1) is 0 Å². The van der Waals surface area contributed by atoms with Gasteiger partial charge in [0.2, 0.25) is 0 Å². The molecule has 0 saturated carbocycles. The highest BCUT2D eigenvalue weighted by Crippen LogP contribution is 2.16. The van der Waals surface area contributed by atoms with E-state index in [1.165, 1.54) is 11.1 Å². The van der Waals surface area contributed by atoms with Crippen LogP contribution >= 0.6 is 0 Å². The van der Waals surface area contributed by atoms with Crippen molar-refractivity contribution in [1.82, 2.24) is 4.98 Å².